The number of H-pyrrole nitrogens is 2. The molecule has 6 nitrogen and oxygen atoms in total. The van der Waals surface area contributed by atoms with E-state index in [1.807, 2.05) is 0 Å². The number of aromatic amines is 2. The molecule has 0 saturated carbocycles. The van der Waals surface area contributed by atoms with Gasteiger partial charge in [-0.2, -0.15) is 5.10 Å². The molecule has 0 aliphatic carbocycles. The van der Waals surface area contributed by atoms with Gasteiger partial charge in [-0.15, -0.1) is 0 Å². The van der Waals surface area contributed by atoms with Crippen LogP contribution < -0.4 is 11.0 Å². The average Bonchev–Trinajstić information content (AvgIpc) is 2.63. The van der Waals surface area contributed by atoms with Gasteiger partial charge < -0.3 is 5.10 Å². The molecule has 0 aromatic carbocycles. The first-order valence-electron chi connectivity index (χ1n) is 3.31. The van der Waals surface area contributed by atoms with Crippen LogP contribution in [0.25, 0.3) is 0 Å². The molecule has 64 valence electrons. The van der Waals surface area contributed by atoms with Gasteiger partial charge in [0.05, 0.1) is 6.42 Å². The molecule has 0 fully saturated rings. The van der Waals surface area contributed by atoms with Crippen LogP contribution in [0.3, 0.4) is 0 Å². The number of rotatable bonds is 0. The summed E-state index contributed by atoms with van der Waals surface area (Å²) in [5, 5.41) is 8.25. The largest absolute Gasteiger partial charge is 0.305 e. The van der Waals surface area contributed by atoms with E-state index in [1.54, 1.807) is 12.4 Å². The maximum Gasteiger partial charge on any atom is 0.263 e. The second kappa shape index (κ2) is 4.12. The molecule has 12 heavy (non-hydrogen) atoms. The molecule has 1 aliphatic heterocycles. The quantitative estimate of drug-likeness (QED) is 0.473. The summed E-state index contributed by atoms with van der Waals surface area (Å²) in [4.78, 5) is 20.0. The molecular weight excluding hydrogens is 160 g/mol. The third-order valence-electron chi connectivity index (χ3n) is 1.07. The molecule has 2 heterocycles. The Morgan fingerprint density at radius 3 is 2.42 bits per heavy atom. The molecule has 0 radical (unpaired) electrons. The summed E-state index contributed by atoms with van der Waals surface area (Å²) in [5.74, 6) is -0.0185. The first-order valence-corrected chi connectivity index (χ1v) is 3.31. The van der Waals surface area contributed by atoms with Crippen molar-refractivity contribution >= 4 is 12.1 Å². The Morgan fingerprint density at radius 1 is 1.42 bits per heavy atom. The summed E-state index contributed by atoms with van der Waals surface area (Å²) >= 11 is 0. The number of carbonyl (C=O) groups is 1. The summed E-state index contributed by atoms with van der Waals surface area (Å²) in [6.07, 6.45) is 3.53. The van der Waals surface area contributed by atoms with Crippen molar-refractivity contribution in [3.05, 3.63) is 22.6 Å². The molecule has 6 heteroatoms. The first-order chi connectivity index (χ1) is 5.79. The number of amides is 1. The average molecular weight is 168 g/mol. The summed E-state index contributed by atoms with van der Waals surface area (Å²) < 4.78 is 0. The van der Waals surface area contributed by atoms with Gasteiger partial charge in [0.2, 0.25) is 5.91 Å². The van der Waals surface area contributed by atoms with Gasteiger partial charge in [-0.1, -0.05) is 0 Å². The van der Waals surface area contributed by atoms with Crippen molar-refractivity contribution in [3.63, 3.8) is 0 Å². The van der Waals surface area contributed by atoms with Gasteiger partial charge in [-0.3, -0.25) is 14.7 Å². The van der Waals surface area contributed by atoms with Gasteiger partial charge >= 0.3 is 0 Å². The summed E-state index contributed by atoms with van der Waals surface area (Å²) in [7, 11) is 0. The highest BCUT2D eigenvalue weighted by atomic mass is 16.2. The molecule has 0 atom stereocenters. The number of carbonyl (C=O) groups excluding carboxylic acids is 1. The number of hydrogen-bond donors (Lipinski definition) is 3. The van der Waals surface area contributed by atoms with Gasteiger partial charge in [0, 0.05) is 18.5 Å². The summed E-state index contributed by atoms with van der Waals surface area (Å²) in [6, 6.07) is 1.42. The standard InChI is InChI=1S/2C3H4N2O/c2*6-3-1-2-4-5-3/h2H,1H2,(H,5,6);1-2H,(H2,4,5,6). The molecule has 0 bridgehead atoms. The second-order valence-electron chi connectivity index (χ2n) is 2.02. The fraction of sp³-hybridized carbons (Fsp3) is 0.167. The summed E-state index contributed by atoms with van der Waals surface area (Å²) in [6.45, 7) is 0. The first kappa shape index (κ1) is 8.25. The topological polar surface area (TPSA) is 90.1 Å². The Balaban J connectivity index is 0.000000120. The molecule has 3 N–H and O–H groups in total. The molecule has 0 saturated heterocycles. The predicted molar refractivity (Wildman–Crippen MR) is 42.7 cm³/mol. The van der Waals surface area contributed by atoms with Gasteiger partial charge in [0.1, 0.15) is 0 Å². The highest BCUT2D eigenvalue weighted by molar-refractivity contribution is 5.93. The number of hydrogen-bond acceptors (Lipinski definition) is 3. The van der Waals surface area contributed by atoms with E-state index in [2.05, 4.69) is 20.7 Å². The zero-order valence-electron chi connectivity index (χ0n) is 6.20. The Labute approximate surface area is 67.7 Å². The van der Waals surface area contributed by atoms with Gasteiger partial charge in [0.25, 0.3) is 5.56 Å². The van der Waals surface area contributed by atoms with Crippen LogP contribution in [0, 0.1) is 0 Å². The fourth-order valence-corrected chi connectivity index (χ4v) is 0.564. The lowest BCUT2D eigenvalue weighted by Gasteiger charge is -1.77. The highest BCUT2D eigenvalue weighted by Crippen LogP contribution is 1.79. The van der Waals surface area contributed by atoms with Crippen molar-refractivity contribution in [1.82, 2.24) is 15.6 Å². The van der Waals surface area contributed by atoms with E-state index in [0.29, 0.717) is 6.42 Å². The lowest BCUT2D eigenvalue weighted by atomic mass is 10.5. The van der Waals surface area contributed by atoms with Crippen LogP contribution in [0.1, 0.15) is 6.42 Å². The fourth-order valence-electron chi connectivity index (χ4n) is 0.564. The molecule has 2 rings (SSSR count). The second-order valence-corrected chi connectivity index (χ2v) is 2.02. The molecular formula is C6H8N4O2. The van der Waals surface area contributed by atoms with Crippen molar-refractivity contribution in [3.8, 4) is 0 Å². The van der Waals surface area contributed by atoms with Crippen molar-refractivity contribution in [2.75, 3.05) is 0 Å². The maximum absolute atomic E-state index is 10.0. The Bertz CT molecular complexity index is 298. The maximum atomic E-state index is 10.0. The predicted octanol–water partition coefficient (Wildman–Crippen LogP) is -0.805. The van der Waals surface area contributed by atoms with Crippen molar-refractivity contribution < 1.29 is 4.79 Å². The van der Waals surface area contributed by atoms with Gasteiger partial charge in [-0.25, -0.2) is 5.43 Å². The number of nitrogens with zero attached hydrogens (tertiary/aromatic N) is 1. The van der Waals surface area contributed by atoms with Crippen LogP contribution in [0.4, 0.5) is 0 Å². The van der Waals surface area contributed by atoms with Crippen LogP contribution in [-0.2, 0) is 4.79 Å². The normalized spacial score (nSPS) is 13.5. The minimum absolute atomic E-state index is 0.0185. The molecule has 1 aromatic heterocycles. The monoisotopic (exact) mass is 168 g/mol. The Hall–Kier alpha value is -1.85. The molecule has 1 aromatic rings. The smallest absolute Gasteiger partial charge is 0.263 e. The lowest BCUT2D eigenvalue weighted by Crippen LogP contribution is -2.08. The highest BCUT2D eigenvalue weighted by Gasteiger charge is 1.99. The minimum Gasteiger partial charge on any atom is -0.305 e. The van der Waals surface area contributed by atoms with Crippen molar-refractivity contribution in [2.24, 2.45) is 5.10 Å². The zero-order valence-corrected chi connectivity index (χ0v) is 6.20. The third-order valence-corrected chi connectivity index (χ3v) is 1.07. The van der Waals surface area contributed by atoms with E-state index in [4.69, 9.17) is 0 Å². The molecule has 1 amide bonds. The minimum atomic E-state index is -0.0880. The van der Waals surface area contributed by atoms with Crippen molar-refractivity contribution in [1.29, 1.82) is 0 Å². The van der Waals surface area contributed by atoms with Crippen LogP contribution in [0.15, 0.2) is 22.2 Å². The van der Waals surface area contributed by atoms with Gasteiger partial charge in [0.15, 0.2) is 0 Å². The van der Waals surface area contributed by atoms with Crippen LogP contribution in [0.5, 0.6) is 0 Å². The van der Waals surface area contributed by atoms with Crippen molar-refractivity contribution in [2.45, 2.75) is 6.42 Å². The lowest BCUT2D eigenvalue weighted by molar-refractivity contribution is -0.119. The Kier molecular flexibility index (Phi) is 2.83. The van der Waals surface area contributed by atoms with E-state index in [9.17, 15) is 9.59 Å². The SMILES string of the molecule is O=C1CC=NN1.O=c1cc[nH][nH]1. The Morgan fingerprint density at radius 2 is 2.25 bits per heavy atom. The molecule has 0 spiro atoms. The number of aromatic nitrogens is 2. The van der Waals surface area contributed by atoms with Gasteiger partial charge in [-0.05, 0) is 0 Å². The van der Waals surface area contributed by atoms with E-state index in [-0.39, 0.29) is 11.5 Å². The van der Waals surface area contributed by atoms with E-state index in [0.717, 1.165) is 0 Å². The third kappa shape index (κ3) is 2.82. The number of nitrogens with one attached hydrogen (secondary N) is 3. The number of hydrazone groups is 1. The van der Waals surface area contributed by atoms with Crippen LogP contribution in [-0.4, -0.2) is 22.3 Å². The molecule has 1 aliphatic rings. The van der Waals surface area contributed by atoms with E-state index < -0.39 is 0 Å². The zero-order chi connectivity index (χ0) is 8.81. The van der Waals surface area contributed by atoms with Crippen LogP contribution in [0.2, 0.25) is 0 Å². The molecule has 0 unspecified atom stereocenters. The summed E-state index contributed by atoms with van der Waals surface area (Å²) in [5.41, 5.74) is 2.16. The van der Waals surface area contributed by atoms with E-state index in [1.165, 1.54) is 6.07 Å². The van der Waals surface area contributed by atoms with Crippen LogP contribution >= 0.6 is 0 Å². The van der Waals surface area contributed by atoms with E-state index >= 15 is 0 Å².